The summed E-state index contributed by atoms with van der Waals surface area (Å²) < 4.78 is 5.23. The summed E-state index contributed by atoms with van der Waals surface area (Å²) >= 11 is 0. The van der Waals surface area contributed by atoms with Crippen LogP contribution in [0.1, 0.15) is 88.0 Å². The Balaban J connectivity index is 1.75. The second-order valence-corrected chi connectivity index (χ2v) is 14.8. The van der Waals surface area contributed by atoms with E-state index in [1.807, 2.05) is 27.7 Å². The number of fused-ring (bicyclic) bond motifs is 5. The van der Waals surface area contributed by atoms with E-state index in [1.54, 1.807) is 13.8 Å². The van der Waals surface area contributed by atoms with Crippen LogP contribution < -0.4 is 0 Å². The van der Waals surface area contributed by atoms with Gasteiger partial charge in [0.25, 0.3) is 0 Å². The van der Waals surface area contributed by atoms with Gasteiger partial charge in [0.1, 0.15) is 23.1 Å². The minimum atomic E-state index is -1.99. The van der Waals surface area contributed by atoms with Crippen LogP contribution in [0.4, 0.5) is 0 Å². The third-order valence-corrected chi connectivity index (χ3v) is 11.5. The molecule has 9 atom stereocenters. The van der Waals surface area contributed by atoms with Crippen molar-refractivity contribution >= 4 is 23.3 Å². The lowest BCUT2D eigenvalue weighted by atomic mass is 9.38. The smallest absolute Gasteiger partial charge is 0.303 e. The first-order valence-electron chi connectivity index (χ1n) is 14.4. The molecule has 0 amide bonds. The number of carbonyl (C=O) groups is 4. The normalized spacial score (nSPS) is 42.4. The van der Waals surface area contributed by atoms with Gasteiger partial charge in [0.2, 0.25) is 0 Å². The van der Waals surface area contributed by atoms with Gasteiger partial charge in [-0.2, -0.15) is 0 Å². The Morgan fingerprint density at radius 2 is 1.65 bits per heavy atom. The van der Waals surface area contributed by atoms with Crippen molar-refractivity contribution in [2.75, 3.05) is 0 Å². The van der Waals surface area contributed by atoms with Crippen LogP contribution in [-0.2, 0) is 23.9 Å². The molecule has 0 unspecified atom stereocenters. The molecule has 0 aromatic heterocycles. The maximum absolute atomic E-state index is 14.3. The molecular formula is C32H46O8. The van der Waals surface area contributed by atoms with Crippen molar-refractivity contribution in [3.05, 3.63) is 23.8 Å². The van der Waals surface area contributed by atoms with Gasteiger partial charge in [-0.25, -0.2) is 0 Å². The van der Waals surface area contributed by atoms with Gasteiger partial charge in [0, 0.05) is 30.1 Å². The highest BCUT2D eigenvalue weighted by atomic mass is 16.6. The fraction of sp³-hybridized carbons (Fsp3) is 0.750. The predicted octanol–water partition coefficient (Wildman–Crippen LogP) is 3.50. The van der Waals surface area contributed by atoms with Crippen LogP contribution in [0.15, 0.2) is 23.8 Å². The first-order chi connectivity index (χ1) is 18.1. The van der Waals surface area contributed by atoms with E-state index >= 15 is 0 Å². The molecule has 4 aliphatic carbocycles. The fourth-order valence-electron chi connectivity index (χ4n) is 9.40. The molecule has 3 N–H and O–H groups in total. The van der Waals surface area contributed by atoms with Gasteiger partial charge in [-0.3, -0.25) is 19.2 Å². The van der Waals surface area contributed by atoms with Crippen molar-refractivity contribution in [3.8, 4) is 0 Å². The van der Waals surface area contributed by atoms with Gasteiger partial charge < -0.3 is 20.1 Å². The Hall–Kier alpha value is -2.16. The van der Waals surface area contributed by atoms with Crippen molar-refractivity contribution in [1.29, 1.82) is 0 Å². The molecule has 0 saturated heterocycles. The van der Waals surface area contributed by atoms with Crippen molar-refractivity contribution < 1.29 is 39.2 Å². The maximum atomic E-state index is 14.3. The quantitative estimate of drug-likeness (QED) is 0.265. The average Bonchev–Trinajstić information content (AvgIpc) is 3.01. The summed E-state index contributed by atoms with van der Waals surface area (Å²) in [5, 5.41) is 34.0. The molecule has 8 nitrogen and oxygen atoms in total. The first kappa shape index (κ1) is 30.8. The van der Waals surface area contributed by atoms with Gasteiger partial charge in [0.15, 0.2) is 11.6 Å². The van der Waals surface area contributed by atoms with Crippen LogP contribution >= 0.6 is 0 Å². The van der Waals surface area contributed by atoms with E-state index in [2.05, 4.69) is 13.0 Å². The standard InChI is InChI=1S/C32H46O8/c1-17(33)40-27(2,3)13-12-23(36)32(9,39)25-21(35)15-29(6)22-11-10-18-19(14-20(34)26(38)28(18,4)5)31(22,8)24(37)16-30(25,29)7/h10,12-13,19-22,25,34-35,39H,11,14-16H2,1-9H3/b13-12+/t19-,20-,21-,22+,25+,29+,30-,31+,32-/m1/s1. The number of hydrogen-bond acceptors (Lipinski definition) is 8. The lowest BCUT2D eigenvalue weighted by Crippen LogP contribution is -2.65. The van der Waals surface area contributed by atoms with Crippen LogP contribution in [0.3, 0.4) is 0 Å². The molecule has 0 bridgehead atoms. The van der Waals surface area contributed by atoms with Crippen LogP contribution in [-0.4, -0.2) is 62.0 Å². The van der Waals surface area contributed by atoms with Gasteiger partial charge in [0.05, 0.1) is 6.10 Å². The molecular weight excluding hydrogens is 512 g/mol. The van der Waals surface area contributed by atoms with Gasteiger partial charge in [-0.1, -0.05) is 32.4 Å². The Labute approximate surface area is 237 Å². The van der Waals surface area contributed by atoms with Gasteiger partial charge in [-0.15, -0.1) is 0 Å². The van der Waals surface area contributed by atoms with Gasteiger partial charge >= 0.3 is 5.97 Å². The summed E-state index contributed by atoms with van der Waals surface area (Å²) in [5.41, 5.74) is -5.43. The Bertz CT molecular complexity index is 1210. The van der Waals surface area contributed by atoms with E-state index in [0.29, 0.717) is 12.8 Å². The number of Topliss-reactive ketones (excluding diaryl/α,β-unsaturated/α-hetero) is 2. The first-order valence-corrected chi connectivity index (χ1v) is 14.4. The molecule has 0 aromatic carbocycles. The molecule has 0 spiro atoms. The maximum Gasteiger partial charge on any atom is 0.303 e. The molecule has 222 valence electrons. The minimum Gasteiger partial charge on any atom is -0.456 e. The number of carbonyl (C=O) groups excluding carboxylic acids is 4. The lowest BCUT2D eigenvalue weighted by molar-refractivity contribution is -0.183. The van der Waals surface area contributed by atoms with E-state index < -0.39 is 62.7 Å². The van der Waals surface area contributed by atoms with Crippen molar-refractivity contribution in [2.45, 2.75) is 111 Å². The second kappa shape index (κ2) is 9.17. The van der Waals surface area contributed by atoms with Crippen molar-refractivity contribution in [2.24, 2.45) is 39.4 Å². The molecule has 4 aliphatic rings. The molecule has 40 heavy (non-hydrogen) atoms. The number of aliphatic hydroxyl groups excluding tert-OH is 2. The SMILES string of the molecule is CC(=O)OC(C)(C)/C=C/C(=O)[C@@](C)(O)[C@H]1[C@H](O)C[C@@]2(C)[C@@H]3CC=C4[C@@H](C[C@@H](O)C(=O)C4(C)C)[C@]3(C)C(=O)C[C@]12C. The second-order valence-electron chi connectivity index (χ2n) is 14.8. The monoisotopic (exact) mass is 558 g/mol. The molecule has 3 fully saturated rings. The zero-order chi connectivity index (χ0) is 30.4. The van der Waals surface area contributed by atoms with E-state index in [9.17, 15) is 34.5 Å². The number of ether oxygens (including phenoxy) is 1. The van der Waals surface area contributed by atoms with Crippen molar-refractivity contribution in [3.63, 3.8) is 0 Å². The van der Waals surface area contributed by atoms with E-state index in [-0.39, 0.29) is 36.2 Å². The number of aliphatic hydroxyl groups is 3. The third-order valence-electron chi connectivity index (χ3n) is 11.5. The summed E-state index contributed by atoms with van der Waals surface area (Å²) in [5.74, 6) is -2.85. The third kappa shape index (κ3) is 4.11. The summed E-state index contributed by atoms with van der Waals surface area (Å²) in [6.07, 6.45) is 3.55. The van der Waals surface area contributed by atoms with E-state index in [4.69, 9.17) is 4.74 Å². The van der Waals surface area contributed by atoms with Crippen LogP contribution in [0.25, 0.3) is 0 Å². The molecule has 0 aromatic rings. The Morgan fingerprint density at radius 3 is 2.23 bits per heavy atom. The Morgan fingerprint density at radius 1 is 1.05 bits per heavy atom. The number of hydrogen-bond donors (Lipinski definition) is 3. The number of esters is 1. The number of allylic oxidation sites excluding steroid dienone is 2. The number of ketones is 3. The largest absolute Gasteiger partial charge is 0.456 e. The highest BCUT2D eigenvalue weighted by Gasteiger charge is 2.74. The molecule has 8 heteroatoms. The lowest BCUT2D eigenvalue weighted by Gasteiger charge is -2.64. The Kier molecular flexibility index (Phi) is 7.06. The summed E-state index contributed by atoms with van der Waals surface area (Å²) in [6.45, 7) is 15.4. The van der Waals surface area contributed by atoms with Crippen LogP contribution in [0, 0.1) is 39.4 Å². The van der Waals surface area contributed by atoms with E-state index in [0.717, 1.165) is 5.57 Å². The van der Waals surface area contributed by atoms with Crippen molar-refractivity contribution in [1.82, 2.24) is 0 Å². The topological polar surface area (TPSA) is 138 Å². The highest BCUT2D eigenvalue weighted by molar-refractivity contribution is 5.98. The molecule has 0 aliphatic heterocycles. The van der Waals surface area contributed by atoms with E-state index in [1.165, 1.54) is 26.0 Å². The highest BCUT2D eigenvalue weighted by Crippen LogP contribution is 2.74. The van der Waals surface area contributed by atoms with Crippen LogP contribution in [0.5, 0.6) is 0 Å². The molecule has 0 radical (unpaired) electrons. The molecule has 4 rings (SSSR count). The molecule has 0 heterocycles. The van der Waals surface area contributed by atoms with Crippen LogP contribution in [0.2, 0.25) is 0 Å². The number of rotatable bonds is 5. The molecule has 3 saturated carbocycles. The fourth-order valence-corrected chi connectivity index (χ4v) is 9.40. The summed E-state index contributed by atoms with van der Waals surface area (Å²) in [7, 11) is 0. The zero-order valence-corrected chi connectivity index (χ0v) is 25.3. The summed E-state index contributed by atoms with van der Waals surface area (Å²) in [4.78, 5) is 52.1. The predicted molar refractivity (Wildman–Crippen MR) is 148 cm³/mol. The summed E-state index contributed by atoms with van der Waals surface area (Å²) in [6, 6.07) is 0. The zero-order valence-electron chi connectivity index (χ0n) is 25.3. The average molecular weight is 559 g/mol. The van der Waals surface area contributed by atoms with Gasteiger partial charge in [-0.05, 0) is 88.7 Å². The minimum absolute atomic E-state index is 0.0284.